The highest BCUT2D eigenvalue weighted by molar-refractivity contribution is 8.13. The van der Waals surface area contributed by atoms with E-state index in [1.165, 1.54) is 23.1 Å². The second-order valence-corrected chi connectivity index (χ2v) is 10.1. The number of nitrogens with zero attached hydrogens (tertiary/aromatic N) is 2. The van der Waals surface area contributed by atoms with E-state index in [0.29, 0.717) is 37.2 Å². The van der Waals surface area contributed by atoms with E-state index in [1.807, 2.05) is 29.3 Å². The zero-order valence-electron chi connectivity index (χ0n) is 18.1. The molecule has 1 atom stereocenters. The van der Waals surface area contributed by atoms with Crippen molar-refractivity contribution < 1.29 is 24.2 Å². The topological polar surface area (TPSA) is 94.2 Å². The van der Waals surface area contributed by atoms with Crippen molar-refractivity contribution in [3.8, 4) is 11.1 Å². The molecule has 1 fully saturated rings. The maximum Gasteiger partial charge on any atom is 0.345 e. The van der Waals surface area contributed by atoms with Crippen molar-refractivity contribution in [2.75, 3.05) is 25.4 Å². The Morgan fingerprint density at radius 1 is 1.15 bits per heavy atom. The fourth-order valence-corrected chi connectivity index (χ4v) is 5.50. The van der Waals surface area contributed by atoms with Crippen LogP contribution in [0.3, 0.4) is 0 Å². The predicted octanol–water partition coefficient (Wildman–Crippen LogP) is 4.63. The first-order chi connectivity index (χ1) is 16.0. The molecule has 33 heavy (non-hydrogen) atoms. The number of aromatic carboxylic acids is 1. The van der Waals surface area contributed by atoms with Gasteiger partial charge in [-0.05, 0) is 42.2 Å². The minimum Gasteiger partial charge on any atom is -0.477 e. The van der Waals surface area contributed by atoms with Crippen LogP contribution in [-0.2, 0) is 12.8 Å². The minimum atomic E-state index is -0.929. The lowest BCUT2D eigenvalue weighted by Gasteiger charge is -2.38. The molecular formula is C24H26N2O5S2. The highest BCUT2D eigenvalue weighted by Crippen LogP contribution is 2.24. The van der Waals surface area contributed by atoms with E-state index >= 15 is 0 Å². The average Bonchev–Trinajstić information content (AvgIpc) is 3.50. The predicted molar refractivity (Wildman–Crippen MR) is 130 cm³/mol. The number of aliphatic hydroxyl groups excluding tert-OH is 1. The molecule has 0 saturated carbocycles. The second kappa shape index (κ2) is 11.0. The number of thioether (sulfide) groups is 1. The van der Waals surface area contributed by atoms with Crippen LogP contribution in [0.25, 0.3) is 11.1 Å². The third-order valence-electron chi connectivity index (χ3n) is 5.54. The van der Waals surface area contributed by atoms with Gasteiger partial charge in [0.05, 0.1) is 18.6 Å². The van der Waals surface area contributed by atoms with Crippen LogP contribution in [0.2, 0.25) is 0 Å². The Kier molecular flexibility index (Phi) is 7.87. The largest absolute Gasteiger partial charge is 0.477 e. The number of hydrazine groups is 1. The summed E-state index contributed by atoms with van der Waals surface area (Å²) in [6.45, 7) is 1.82. The first-order valence-electron chi connectivity index (χ1n) is 10.8. The van der Waals surface area contributed by atoms with Gasteiger partial charge in [0.1, 0.15) is 4.88 Å². The highest BCUT2D eigenvalue weighted by atomic mass is 32.2. The van der Waals surface area contributed by atoms with Crippen LogP contribution in [0.5, 0.6) is 0 Å². The van der Waals surface area contributed by atoms with Gasteiger partial charge in [-0.2, -0.15) is 0 Å². The lowest BCUT2D eigenvalue weighted by molar-refractivity contribution is 0.0148. The molecule has 1 aromatic carbocycles. The normalized spacial score (nSPS) is 15.7. The molecule has 0 radical (unpaired) electrons. The van der Waals surface area contributed by atoms with Gasteiger partial charge in [-0.1, -0.05) is 36.0 Å². The molecule has 0 bridgehead atoms. The summed E-state index contributed by atoms with van der Waals surface area (Å²) in [5.41, 5.74) is 3.11. The standard InChI is InChI=1S/C24H26N2O5S2/c27-20(15-17-2-1-3-18(14-17)19-8-12-31-16-19)6-9-25-11-13-32-24(30)26(25)10-7-21-4-5-22(33-21)23(28)29/h1-5,8,12,14,16,20,27H,6-7,9-11,13,15H2,(H,28,29)/t20-/m1/s1. The lowest BCUT2D eigenvalue weighted by atomic mass is 10.0. The molecule has 9 heteroatoms. The number of benzene rings is 1. The Bertz CT molecular complexity index is 1080. The minimum absolute atomic E-state index is 0.00133. The molecule has 1 aliphatic rings. The second-order valence-electron chi connectivity index (χ2n) is 7.87. The van der Waals surface area contributed by atoms with E-state index in [4.69, 9.17) is 9.52 Å². The van der Waals surface area contributed by atoms with Crippen molar-refractivity contribution >= 4 is 34.3 Å². The van der Waals surface area contributed by atoms with Gasteiger partial charge in [-0.25, -0.2) is 9.80 Å². The van der Waals surface area contributed by atoms with Crippen molar-refractivity contribution in [1.29, 1.82) is 0 Å². The number of hydrogen-bond donors (Lipinski definition) is 2. The number of carboxylic acids is 1. The van der Waals surface area contributed by atoms with Gasteiger partial charge in [0.25, 0.3) is 5.24 Å². The fourth-order valence-electron chi connectivity index (χ4n) is 3.84. The number of hydrogen-bond acceptors (Lipinski definition) is 7. The number of carboxylic acid groups (broad SMARTS) is 1. The fraction of sp³-hybridized carbons (Fsp3) is 0.333. The van der Waals surface area contributed by atoms with Crippen LogP contribution in [-0.4, -0.2) is 62.9 Å². The van der Waals surface area contributed by atoms with E-state index in [0.717, 1.165) is 33.9 Å². The SMILES string of the molecule is O=C(O)c1ccc(CCN2C(=O)SCCN2CC[C@@H](O)Cc2cccc(-c3ccoc3)c2)s1. The van der Waals surface area contributed by atoms with Crippen LogP contribution in [0.15, 0.2) is 59.4 Å². The summed E-state index contributed by atoms with van der Waals surface area (Å²) < 4.78 is 5.16. The molecule has 174 valence electrons. The Morgan fingerprint density at radius 3 is 2.79 bits per heavy atom. The monoisotopic (exact) mass is 486 g/mol. The maximum atomic E-state index is 12.5. The Balaban J connectivity index is 1.31. The smallest absolute Gasteiger partial charge is 0.345 e. The molecule has 1 aliphatic heterocycles. The van der Waals surface area contributed by atoms with Gasteiger partial charge < -0.3 is 14.6 Å². The first-order valence-corrected chi connectivity index (χ1v) is 12.6. The molecule has 7 nitrogen and oxygen atoms in total. The molecule has 2 aromatic heterocycles. The van der Waals surface area contributed by atoms with Gasteiger partial charge in [-0.15, -0.1) is 11.3 Å². The molecule has 0 spiro atoms. The van der Waals surface area contributed by atoms with E-state index in [-0.39, 0.29) is 5.24 Å². The molecule has 0 unspecified atom stereocenters. The van der Waals surface area contributed by atoms with E-state index in [1.54, 1.807) is 29.7 Å². The Morgan fingerprint density at radius 2 is 2.03 bits per heavy atom. The summed E-state index contributed by atoms with van der Waals surface area (Å²) >= 11 is 2.54. The number of rotatable bonds is 10. The van der Waals surface area contributed by atoms with Crippen LogP contribution in [0.1, 0.15) is 26.5 Å². The molecule has 0 aliphatic carbocycles. The summed E-state index contributed by atoms with van der Waals surface area (Å²) in [5, 5.41) is 23.5. The molecular weight excluding hydrogens is 460 g/mol. The number of carbonyl (C=O) groups is 2. The molecule has 4 rings (SSSR count). The van der Waals surface area contributed by atoms with Gasteiger partial charge >= 0.3 is 5.97 Å². The van der Waals surface area contributed by atoms with Gasteiger partial charge in [0.15, 0.2) is 0 Å². The maximum absolute atomic E-state index is 12.5. The molecule has 1 amide bonds. The van der Waals surface area contributed by atoms with Crippen molar-refractivity contribution in [3.63, 3.8) is 0 Å². The number of thiophene rings is 1. The number of furan rings is 1. The Labute approximate surface area is 200 Å². The van der Waals surface area contributed by atoms with Crippen LogP contribution in [0, 0.1) is 0 Å². The van der Waals surface area contributed by atoms with Gasteiger partial charge in [0, 0.05) is 42.2 Å². The molecule has 1 saturated heterocycles. The lowest BCUT2D eigenvalue weighted by Crippen LogP contribution is -2.51. The Hall–Kier alpha value is -2.59. The van der Waals surface area contributed by atoms with Crippen LogP contribution in [0.4, 0.5) is 4.79 Å². The summed E-state index contributed by atoms with van der Waals surface area (Å²) in [6, 6.07) is 13.4. The van der Waals surface area contributed by atoms with Gasteiger partial charge in [-0.3, -0.25) is 9.80 Å². The number of amides is 1. The zero-order valence-corrected chi connectivity index (χ0v) is 19.7. The van der Waals surface area contributed by atoms with Crippen LogP contribution >= 0.6 is 23.1 Å². The highest BCUT2D eigenvalue weighted by Gasteiger charge is 2.27. The van der Waals surface area contributed by atoms with Crippen molar-refractivity contribution in [2.45, 2.75) is 25.4 Å². The number of aliphatic hydroxyl groups is 1. The van der Waals surface area contributed by atoms with E-state index in [2.05, 4.69) is 6.07 Å². The number of carbonyl (C=O) groups excluding carboxylic acids is 1. The zero-order chi connectivity index (χ0) is 23.2. The summed E-state index contributed by atoms with van der Waals surface area (Å²) in [4.78, 5) is 24.8. The molecule has 3 heterocycles. The average molecular weight is 487 g/mol. The molecule has 2 N–H and O–H groups in total. The van der Waals surface area contributed by atoms with Crippen molar-refractivity contribution in [3.05, 3.63) is 70.3 Å². The summed E-state index contributed by atoms with van der Waals surface area (Å²) in [7, 11) is 0. The van der Waals surface area contributed by atoms with E-state index < -0.39 is 12.1 Å². The quantitative estimate of drug-likeness (QED) is 0.432. The summed E-state index contributed by atoms with van der Waals surface area (Å²) in [6.07, 6.45) is 4.51. The third-order valence-corrected chi connectivity index (χ3v) is 7.52. The third kappa shape index (κ3) is 6.26. The van der Waals surface area contributed by atoms with Crippen molar-refractivity contribution in [2.24, 2.45) is 0 Å². The van der Waals surface area contributed by atoms with E-state index in [9.17, 15) is 14.7 Å². The van der Waals surface area contributed by atoms with Crippen molar-refractivity contribution in [1.82, 2.24) is 10.0 Å². The van der Waals surface area contributed by atoms with Gasteiger partial charge in [0.2, 0.25) is 0 Å². The first kappa shape index (κ1) is 23.6. The molecule has 3 aromatic rings. The van der Waals surface area contributed by atoms with Crippen LogP contribution < -0.4 is 0 Å². The summed E-state index contributed by atoms with van der Waals surface area (Å²) in [5.74, 6) is -0.206.